The second kappa shape index (κ2) is 6.97. The molecule has 1 amide bonds. The molecule has 1 unspecified atom stereocenters. The lowest BCUT2D eigenvalue weighted by atomic mass is 10.1. The highest BCUT2D eigenvalue weighted by molar-refractivity contribution is 5.79. The number of hydroxylamine groups is 2. The van der Waals surface area contributed by atoms with Crippen LogP contribution in [0.3, 0.4) is 0 Å². The monoisotopic (exact) mass is 345 g/mol. The summed E-state index contributed by atoms with van der Waals surface area (Å²) >= 11 is 0. The SMILES string of the molecule is COC(C)C(=O)N(O)Cc1ccc(-c2noc(C(F)(F)F)n2)cc1. The van der Waals surface area contributed by atoms with Gasteiger partial charge in [0.15, 0.2) is 0 Å². The normalized spacial score (nSPS) is 12.9. The van der Waals surface area contributed by atoms with Gasteiger partial charge in [0.2, 0.25) is 5.82 Å². The predicted molar refractivity (Wildman–Crippen MR) is 73.5 cm³/mol. The van der Waals surface area contributed by atoms with E-state index < -0.39 is 24.1 Å². The Morgan fingerprint density at radius 1 is 1.38 bits per heavy atom. The molecule has 0 bridgehead atoms. The molecule has 10 heteroatoms. The molecule has 0 saturated carbocycles. The maximum absolute atomic E-state index is 12.4. The number of nitrogens with zero attached hydrogens (tertiary/aromatic N) is 3. The van der Waals surface area contributed by atoms with E-state index >= 15 is 0 Å². The molecule has 1 N–H and O–H groups in total. The number of hydrogen-bond acceptors (Lipinski definition) is 6. The van der Waals surface area contributed by atoms with Gasteiger partial charge in [0.05, 0.1) is 6.54 Å². The highest BCUT2D eigenvalue weighted by Gasteiger charge is 2.38. The Balaban J connectivity index is 2.08. The van der Waals surface area contributed by atoms with Crippen molar-refractivity contribution in [1.29, 1.82) is 0 Å². The summed E-state index contributed by atoms with van der Waals surface area (Å²) in [5.41, 5.74) is 0.858. The van der Waals surface area contributed by atoms with Gasteiger partial charge >= 0.3 is 12.1 Å². The van der Waals surface area contributed by atoms with Gasteiger partial charge in [-0.15, -0.1) is 0 Å². The maximum atomic E-state index is 12.4. The first-order chi connectivity index (χ1) is 11.2. The average molecular weight is 345 g/mol. The van der Waals surface area contributed by atoms with Crippen LogP contribution in [0.15, 0.2) is 28.8 Å². The molecule has 1 aromatic carbocycles. The van der Waals surface area contributed by atoms with Gasteiger partial charge in [-0.25, -0.2) is 5.06 Å². The van der Waals surface area contributed by atoms with Crippen molar-refractivity contribution in [3.63, 3.8) is 0 Å². The second-order valence-electron chi connectivity index (χ2n) is 4.89. The van der Waals surface area contributed by atoms with E-state index in [2.05, 4.69) is 14.7 Å². The van der Waals surface area contributed by atoms with Crippen LogP contribution in [0, 0.1) is 0 Å². The Labute approximate surface area is 134 Å². The first-order valence-corrected chi connectivity index (χ1v) is 6.75. The zero-order chi connectivity index (χ0) is 17.9. The van der Waals surface area contributed by atoms with Gasteiger partial charge in [-0.05, 0) is 12.5 Å². The maximum Gasteiger partial charge on any atom is 0.471 e. The number of carbonyl (C=O) groups is 1. The fraction of sp³-hybridized carbons (Fsp3) is 0.357. The van der Waals surface area contributed by atoms with Crippen LogP contribution in [0.2, 0.25) is 0 Å². The molecular formula is C14H14F3N3O4. The van der Waals surface area contributed by atoms with E-state index in [1.54, 1.807) is 0 Å². The van der Waals surface area contributed by atoms with E-state index in [0.29, 0.717) is 16.2 Å². The summed E-state index contributed by atoms with van der Waals surface area (Å²) in [7, 11) is 1.34. The minimum atomic E-state index is -4.71. The molecule has 2 rings (SSSR count). The van der Waals surface area contributed by atoms with Crippen molar-refractivity contribution in [3.8, 4) is 11.4 Å². The van der Waals surface area contributed by atoms with Crippen molar-refractivity contribution in [2.45, 2.75) is 25.7 Å². The van der Waals surface area contributed by atoms with Crippen molar-refractivity contribution in [1.82, 2.24) is 15.2 Å². The predicted octanol–water partition coefficient (Wildman–Crippen LogP) is 2.51. The minimum Gasteiger partial charge on any atom is -0.372 e. The Kier molecular flexibility index (Phi) is 5.20. The molecular weight excluding hydrogens is 331 g/mol. The number of benzene rings is 1. The molecule has 0 saturated heterocycles. The molecule has 0 radical (unpaired) electrons. The van der Waals surface area contributed by atoms with Crippen molar-refractivity contribution in [3.05, 3.63) is 35.7 Å². The number of ether oxygens (including phenoxy) is 1. The molecule has 0 aliphatic carbocycles. The van der Waals surface area contributed by atoms with Crippen LogP contribution in [0.1, 0.15) is 18.4 Å². The first-order valence-electron chi connectivity index (χ1n) is 6.75. The highest BCUT2D eigenvalue weighted by Crippen LogP contribution is 2.29. The largest absolute Gasteiger partial charge is 0.471 e. The van der Waals surface area contributed by atoms with Gasteiger partial charge < -0.3 is 9.26 Å². The number of amides is 1. The van der Waals surface area contributed by atoms with E-state index in [0.717, 1.165) is 0 Å². The Bertz CT molecular complexity index is 700. The highest BCUT2D eigenvalue weighted by atomic mass is 19.4. The van der Waals surface area contributed by atoms with Crippen LogP contribution in [-0.2, 0) is 22.3 Å². The van der Waals surface area contributed by atoms with E-state index in [4.69, 9.17) is 4.74 Å². The number of methoxy groups -OCH3 is 1. The lowest BCUT2D eigenvalue weighted by Gasteiger charge is -2.18. The van der Waals surface area contributed by atoms with E-state index in [-0.39, 0.29) is 12.4 Å². The fourth-order valence-corrected chi connectivity index (χ4v) is 1.78. The zero-order valence-corrected chi connectivity index (χ0v) is 12.7. The lowest BCUT2D eigenvalue weighted by Crippen LogP contribution is -2.35. The summed E-state index contributed by atoms with van der Waals surface area (Å²) in [6, 6.07) is 5.96. The number of aromatic nitrogens is 2. The molecule has 0 aliphatic heterocycles. The first kappa shape index (κ1) is 17.9. The summed E-state index contributed by atoms with van der Waals surface area (Å²) in [4.78, 5) is 14.9. The topological polar surface area (TPSA) is 88.7 Å². The zero-order valence-electron chi connectivity index (χ0n) is 12.7. The molecule has 0 fully saturated rings. The average Bonchev–Trinajstić information content (AvgIpc) is 3.04. The Morgan fingerprint density at radius 2 is 2.00 bits per heavy atom. The summed E-state index contributed by atoms with van der Waals surface area (Å²) in [5.74, 6) is -2.25. The van der Waals surface area contributed by atoms with Crippen LogP contribution in [0.5, 0.6) is 0 Å². The van der Waals surface area contributed by atoms with Gasteiger partial charge in [0, 0.05) is 12.7 Å². The fourth-order valence-electron chi connectivity index (χ4n) is 1.78. The van der Waals surface area contributed by atoms with Crippen molar-refractivity contribution >= 4 is 5.91 Å². The van der Waals surface area contributed by atoms with E-state index in [1.807, 2.05) is 0 Å². The number of halogens is 3. The number of carbonyl (C=O) groups excluding carboxylic acids is 1. The number of hydrogen-bond donors (Lipinski definition) is 1. The Hall–Kier alpha value is -2.46. The smallest absolute Gasteiger partial charge is 0.372 e. The third-order valence-electron chi connectivity index (χ3n) is 3.17. The van der Waals surface area contributed by atoms with Crippen LogP contribution < -0.4 is 0 Å². The summed E-state index contributed by atoms with van der Waals surface area (Å²) in [6.45, 7) is 1.38. The number of alkyl halides is 3. The van der Waals surface area contributed by atoms with Crippen molar-refractivity contribution in [2.75, 3.05) is 7.11 Å². The van der Waals surface area contributed by atoms with E-state index in [9.17, 15) is 23.2 Å². The molecule has 0 aliphatic rings. The minimum absolute atomic E-state index is 0.104. The van der Waals surface area contributed by atoms with E-state index in [1.165, 1.54) is 38.3 Å². The lowest BCUT2D eigenvalue weighted by molar-refractivity contribution is -0.178. The van der Waals surface area contributed by atoms with Gasteiger partial charge in [-0.3, -0.25) is 10.0 Å². The van der Waals surface area contributed by atoms with Crippen LogP contribution in [-0.4, -0.2) is 39.5 Å². The molecule has 1 aromatic heterocycles. The molecule has 1 heterocycles. The number of rotatable bonds is 5. The summed E-state index contributed by atoms with van der Waals surface area (Å²) < 4.78 is 46.2. The second-order valence-corrected chi connectivity index (χ2v) is 4.89. The van der Waals surface area contributed by atoms with Gasteiger partial charge in [-0.2, -0.15) is 18.2 Å². The van der Waals surface area contributed by atoms with Crippen LogP contribution in [0.4, 0.5) is 13.2 Å². The third-order valence-corrected chi connectivity index (χ3v) is 3.17. The Morgan fingerprint density at radius 3 is 2.50 bits per heavy atom. The van der Waals surface area contributed by atoms with Gasteiger partial charge in [0.25, 0.3) is 5.91 Å². The standard InChI is InChI=1S/C14H14F3N3O4/c1-8(23-2)12(21)20(22)7-9-3-5-10(6-4-9)11-18-13(24-19-11)14(15,16)17/h3-6,8,22H,7H2,1-2H3. The van der Waals surface area contributed by atoms with Crippen LogP contribution >= 0.6 is 0 Å². The summed E-state index contributed by atoms with van der Waals surface area (Å²) in [5, 5.41) is 13.5. The quantitative estimate of drug-likeness (QED) is 0.662. The summed E-state index contributed by atoms with van der Waals surface area (Å²) in [6.07, 6.45) is -5.50. The molecule has 1 atom stereocenters. The molecule has 0 spiro atoms. The van der Waals surface area contributed by atoms with Crippen LogP contribution in [0.25, 0.3) is 11.4 Å². The van der Waals surface area contributed by atoms with Crippen molar-refractivity contribution < 1.29 is 32.4 Å². The molecule has 7 nitrogen and oxygen atoms in total. The van der Waals surface area contributed by atoms with Gasteiger partial charge in [-0.1, -0.05) is 29.4 Å². The molecule has 24 heavy (non-hydrogen) atoms. The van der Waals surface area contributed by atoms with Crippen molar-refractivity contribution in [2.24, 2.45) is 0 Å². The molecule has 2 aromatic rings. The third kappa shape index (κ3) is 4.09. The van der Waals surface area contributed by atoms with Gasteiger partial charge in [0.1, 0.15) is 6.10 Å². The molecule has 130 valence electrons.